The summed E-state index contributed by atoms with van der Waals surface area (Å²) in [5, 5.41) is 0. The first kappa shape index (κ1) is 11.2. The van der Waals surface area contributed by atoms with Crippen LogP contribution in [0.15, 0.2) is 12.2 Å². The summed E-state index contributed by atoms with van der Waals surface area (Å²) in [5.41, 5.74) is 6.38. The number of piperidine rings is 1. The van der Waals surface area contributed by atoms with Crippen molar-refractivity contribution in [3.63, 3.8) is 0 Å². The van der Waals surface area contributed by atoms with E-state index in [1.807, 2.05) is 0 Å². The van der Waals surface area contributed by atoms with Crippen LogP contribution in [-0.2, 0) is 4.79 Å². The maximum Gasteiger partial charge on any atom is 0.217 e. The Labute approximate surface area is 86.0 Å². The highest BCUT2D eigenvalue weighted by atomic mass is 16.1. The zero-order valence-corrected chi connectivity index (χ0v) is 8.96. The van der Waals surface area contributed by atoms with Crippen LogP contribution in [0.25, 0.3) is 0 Å². The Kier molecular flexibility index (Phi) is 4.14. The van der Waals surface area contributed by atoms with Gasteiger partial charge in [0.25, 0.3) is 0 Å². The Morgan fingerprint density at radius 2 is 2.07 bits per heavy atom. The van der Waals surface area contributed by atoms with Crippen molar-refractivity contribution < 1.29 is 4.79 Å². The number of carbonyl (C=O) groups is 1. The standard InChI is InChI=1S/C11H20N2O/c1-9(2)8-13-5-3-10(4-6-13)7-11(12)14/h10H,1,3-8H2,2H3,(H2,12,14). The molecule has 1 aliphatic rings. The van der Waals surface area contributed by atoms with Gasteiger partial charge in [-0.05, 0) is 38.8 Å². The van der Waals surface area contributed by atoms with Gasteiger partial charge in [0.1, 0.15) is 0 Å². The number of carbonyl (C=O) groups excluding carboxylic acids is 1. The van der Waals surface area contributed by atoms with Gasteiger partial charge in [0.05, 0.1) is 0 Å². The monoisotopic (exact) mass is 196 g/mol. The van der Waals surface area contributed by atoms with Crippen molar-refractivity contribution >= 4 is 5.91 Å². The predicted molar refractivity (Wildman–Crippen MR) is 57.8 cm³/mol. The Bertz CT molecular complexity index is 193. The lowest BCUT2D eigenvalue weighted by Gasteiger charge is -2.31. The van der Waals surface area contributed by atoms with Gasteiger partial charge in [0.15, 0.2) is 0 Å². The van der Waals surface area contributed by atoms with Gasteiger partial charge in [0, 0.05) is 13.0 Å². The van der Waals surface area contributed by atoms with Crippen LogP contribution in [0.1, 0.15) is 26.2 Å². The van der Waals surface area contributed by atoms with E-state index < -0.39 is 0 Å². The average Bonchev–Trinajstić information content (AvgIpc) is 2.06. The Morgan fingerprint density at radius 3 is 2.50 bits per heavy atom. The quantitative estimate of drug-likeness (QED) is 0.686. The fourth-order valence-corrected chi connectivity index (χ4v) is 2.01. The highest BCUT2D eigenvalue weighted by Crippen LogP contribution is 2.20. The molecule has 1 fully saturated rings. The summed E-state index contributed by atoms with van der Waals surface area (Å²) in [5.74, 6) is 0.345. The largest absolute Gasteiger partial charge is 0.370 e. The highest BCUT2D eigenvalue weighted by Gasteiger charge is 2.20. The molecule has 3 nitrogen and oxygen atoms in total. The zero-order chi connectivity index (χ0) is 10.6. The fraction of sp³-hybridized carbons (Fsp3) is 0.727. The first-order valence-corrected chi connectivity index (χ1v) is 5.23. The zero-order valence-electron chi connectivity index (χ0n) is 8.96. The third-order valence-corrected chi connectivity index (χ3v) is 2.69. The molecule has 1 aliphatic heterocycles. The topological polar surface area (TPSA) is 46.3 Å². The lowest BCUT2D eigenvalue weighted by molar-refractivity contribution is -0.119. The summed E-state index contributed by atoms with van der Waals surface area (Å²) in [4.78, 5) is 13.1. The first-order chi connectivity index (χ1) is 6.58. The lowest BCUT2D eigenvalue weighted by atomic mass is 9.93. The SMILES string of the molecule is C=C(C)CN1CCC(CC(N)=O)CC1. The third kappa shape index (κ3) is 3.92. The Morgan fingerprint density at radius 1 is 1.50 bits per heavy atom. The van der Waals surface area contributed by atoms with Gasteiger partial charge in [-0.2, -0.15) is 0 Å². The number of likely N-dealkylation sites (tertiary alicyclic amines) is 1. The van der Waals surface area contributed by atoms with Crippen molar-refractivity contribution in [3.05, 3.63) is 12.2 Å². The molecule has 14 heavy (non-hydrogen) atoms. The summed E-state index contributed by atoms with van der Waals surface area (Å²) in [6, 6.07) is 0. The number of rotatable bonds is 4. The molecule has 0 aromatic rings. The molecule has 0 bridgehead atoms. The van der Waals surface area contributed by atoms with Crippen LogP contribution in [0.3, 0.4) is 0 Å². The van der Waals surface area contributed by atoms with E-state index in [9.17, 15) is 4.79 Å². The van der Waals surface area contributed by atoms with E-state index in [1.165, 1.54) is 5.57 Å². The van der Waals surface area contributed by atoms with E-state index in [2.05, 4.69) is 18.4 Å². The van der Waals surface area contributed by atoms with Crippen LogP contribution in [0, 0.1) is 5.92 Å². The van der Waals surface area contributed by atoms with Crippen LogP contribution in [0.5, 0.6) is 0 Å². The summed E-state index contributed by atoms with van der Waals surface area (Å²) in [7, 11) is 0. The van der Waals surface area contributed by atoms with E-state index in [-0.39, 0.29) is 5.91 Å². The van der Waals surface area contributed by atoms with Crippen LogP contribution < -0.4 is 5.73 Å². The van der Waals surface area contributed by atoms with Crippen LogP contribution >= 0.6 is 0 Å². The molecule has 0 aromatic carbocycles. The lowest BCUT2D eigenvalue weighted by Crippen LogP contribution is -2.35. The molecule has 1 saturated heterocycles. The number of nitrogens with two attached hydrogens (primary N) is 1. The minimum absolute atomic E-state index is 0.164. The van der Waals surface area contributed by atoms with Crippen LogP contribution in [0.4, 0.5) is 0 Å². The summed E-state index contributed by atoms with van der Waals surface area (Å²) >= 11 is 0. The Hall–Kier alpha value is -0.830. The van der Waals surface area contributed by atoms with Gasteiger partial charge in [0.2, 0.25) is 5.91 Å². The van der Waals surface area contributed by atoms with Crippen molar-refractivity contribution in [2.75, 3.05) is 19.6 Å². The van der Waals surface area contributed by atoms with Gasteiger partial charge in [-0.25, -0.2) is 0 Å². The van der Waals surface area contributed by atoms with Gasteiger partial charge in [-0.15, -0.1) is 0 Å². The van der Waals surface area contributed by atoms with Crippen molar-refractivity contribution in [2.24, 2.45) is 11.7 Å². The summed E-state index contributed by atoms with van der Waals surface area (Å²) < 4.78 is 0. The van der Waals surface area contributed by atoms with Crippen LogP contribution in [-0.4, -0.2) is 30.4 Å². The molecule has 3 heteroatoms. The normalized spacial score (nSPS) is 19.5. The molecule has 1 heterocycles. The van der Waals surface area contributed by atoms with Crippen LogP contribution in [0.2, 0.25) is 0 Å². The van der Waals surface area contributed by atoms with Crippen molar-refractivity contribution in [1.82, 2.24) is 4.90 Å². The maximum absolute atomic E-state index is 10.7. The minimum atomic E-state index is -0.164. The van der Waals surface area contributed by atoms with Gasteiger partial charge in [-0.3, -0.25) is 9.69 Å². The molecule has 0 radical (unpaired) electrons. The molecule has 0 aromatic heterocycles. The predicted octanol–water partition coefficient (Wildman–Crippen LogP) is 1.15. The van der Waals surface area contributed by atoms with E-state index in [1.54, 1.807) is 0 Å². The second-order valence-corrected chi connectivity index (χ2v) is 4.35. The molecular weight excluding hydrogens is 176 g/mol. The molecule has 2 N–H and O–H groups in total. The molecule has 0 atom stereocenters. The highest BCUT2D eigenvalue weighted by molar-refractivity contribution is 5.73. The molecular formula is C11H20N2O. The summed E-state index contributed by atoms with van der Waals surface area (Å²) in [6.07, 6.45) is 2.74. The molecule has 1 rings (SSSR count). The smallest absolute Gasteiger partial charge is 0.217 e. The van der Waals surface area contributed by atoms with E-state index in [0.29, 0.717) is 12.3 Å². The molecule has 0 saturated carbocycles. The van der Waals surface area contributed by atoms with E-state index in [0.717, 1.165) is 32.5 Å². The van der Waals surface area contributed by atoms with Crippen molar-refractivity contribution in [2.45, 2.75) is 26.2 Å². The maximum atomic E-state index is 10.7. The molecule has 1 amide bonds. The van der Waals surface area contributed by atoms with E-state index in [4.69, 9.17) is 5.73 Å². The Balaban J connectivity index is 2.24. The number of hydrogen-bond acceptors (Lipinski definition) is 2. The third-order valence-electron chi connectivity index (χ3n) is 2.69. The van der Waals surface area contributed by atoms with Crippen molar-refractivity contribution in [3.8, 4) is 0 Å². The number of nitrogens with zero attached hydrogens (tertiary/aromatic N) is 1. The second kappa shape index (κ2) is 5.15. The van der Waals surface area contributed by atoms with E-state index >= 15 is 0 Å². The second-order valence-electron chi connectivity index (χ2n) is 4.35. The number of amides is 1. The average molecular weight is 196 g/mol. The number of primary amides is 1. The van der Waals surface area contributed by atoms with Gasteiger partial charge < -0.3 is 5.73 Å². The number of hydrogen-bond donors (Lipinski definition) is 1. The molecule has 0 unspecified atom stereocenters. The molecule has 80 valence electrons. The van der Waals surface area contributed by atoms with Crippen molar-refractivity contribution in [1.29, 1.82) is 0 Å². The molecule has 0 spiro atoms. The first-order valence-electron chi connectivity index (χ1n) is 5.23. The molecule has 0 aliphatic carbocycles. The van der Waals surface area contributed by atoms with Gasteiger partial charge >= 0.3 is 0 Å². The summed E-state index contributed by atoms with van der Waals surface area (Å²) in [6.45, 7) is 9.09. The minimum Gasteiger partial charge on any atom is -0.370 e. The van der Waals surface area contributed by atoms with Gasteiger partial charge in [-0.1, -0.05) is 12.2 Å². The fourth-order valence-electron chi connectivity index (χ4n) is 2.01.